The van der Waals surface area contributed by atoms with Crippen LogP contribution in [0.15, 0.2) is 12.2 Å². The molecule has 0 unspecified atom stereocenters. The zero-order chi connectivity index (χ0) is 6.91. The zero-order valence-electron chi connectivity index (χ0n) is 5.98. The summed E-state index contributed by atoms with van der Waals surface area (Å²) in [5.74, 6) is 0. The normalized spacial score (nSPS) is 24.2. The van der Waals surface area contributed by atoms with Crippen LogP contribution in [0.4, 0.5) is 0 Å². The van der Waals surface area contributed by atoms with Gasteiger partial charge in [0.25, 0.3) is 0 Å². The van der Waals surface area contributed by atoms with Crippen molar-refractivity contribution in [3.8, 4) is 0 Å². The van der Waals surface area contributed by atoms with E-state index < -0.39 is 5.60 Å². The summed E-state index contributed by atoms with van der Waals surface area (Å²) in [6.45, 7) is 5.67. The van der Waals surface area contributed by atoms with E-state index in [0.29, 0.717) is 0 Å². The van der Waals surface area contributed by atoms with E-state index >= 15 is 0 Å². The molecule has 0 aliphatic heterocycles. The second-order valence-corrected chi connectivity index (χ2v) is 3.02. The van der Waals surface area contributed by atoms with Crippen molar-refractivity contribution in [2.45, 2.75) is 38.2 Å². The molecule has 0 aromatic rings. The van der Waals surface area contributed by atoms with Crippen LogP contribution >= 0.6 is 0 Å². The molecule has 0 atom stereocenters. The van der Waals surface area contributed by atoms with E-state index in [1.54, 1.807) is 0 Å². The first-order valence-corrected chi connectivity index (χ1v) is 3.53. The molecule has 9 heavy (non-hydrogen) atoms. The molecule has 0 aromatic heterocycles. The van der Waals surface area contributed by atoms with E-state index in [-0.39, 0.29) is 0 Å². The number of hydrogen-bond acceptors (Lipinski definition) is 1. The Hall–Kier alpha value is -0.300. The molecular weight excluding hydrogens is 112 g/mol. The lowest BCUT2D eigenvalue weighted by Crippen LogP contribution is -2.24. The molecule has 52 valence electrons. The Morgan fingerprint density at radius 3 is 2.11 bits per heavy atom. The predicted molar refractivity (Wildman–Crippen MR) is 38.2 cm³/mol. The molecular formula is C8H14O. The van der Waals surface area contributed by atoms with Crippen LogP contribution in [-0.2, 0) is 0 Å². The topological polar surface area (TPSA) is 20.2 Å². The third kappa shape index (κ3) is 1.16. The standard InChI is InChI=1S/C8H14O/c1-7(2)8(9)5-3-4-6-8/h9H,1,3-6H2,2H3. The largest absolute Gasteiger partial charge is 0.386 e. The molecule has 1 aliphatic rings. The lowest BCUT2D eigenvalue weighted by atomic mass is 9.95. The van der Waals surface area contributed by atoms with E-state index in [1.807, 2.05) is 6.92 Å². The zero-order valence-corrected chi connectivity index (χ0v) is 5.98. The molecule has 1 N–H and O–H groups in total. The summed E-state index contributed by atoms with van der Waals surface area (Å²) in [7, 11) is 0. The molecule has 1 rings (SSSR count). The maximum atomic E-state index is 9.67. The fraction of sp³-hybridized carbons (Fsp3) is 0.750. The lowest BCUT2D eigenvalue weighted by Gasteiger charge is -2.21. The Morgan fingerprint density at radius 2 is 1.89 bits per heavy atom. The first-order chi connectivity index (χ1) is 4.15. The minimum atomic E-state index is -0.500. The van der Waals surface area contributed by atoms with Gasteiger partial charge in [0, 0.05) is 0 Å². The Bertz CT molecular complexity index is 121. The maximum Gasteiger partial charge on any atom is 0.0851 e. The molecule has 0 heterocycles. The van der Waals surface area contributed by atoms with Gasteiger partial charge in [-0.3, -0.25) is 0 Å². The average Bonchev–Trinajstić information content (AvgIpc) is 2.16. The van der Waals surface area contributed by atoms with E-state index in [1.165, 1.54) is 0 Å². The Balaban J connectivity index is 2.61. The van der Waals surface area contributed by atoms with Crippen LogP contribution in [0.25, 0.3) is 0 Å². The highest BCUT2D eigenvalue weighted by Crippen LogP contribution is 2.34. The molecule has 1 aliphatic carbocycles. The molecule has 1 heteroatoms. The van der Waals surface area contributed by atoms with Gasteiger partial charge >= 0.3 is 0 Å². The van der Waals surface area contributed by atoms with Crippen molar-refractivity contribution in [1.29, 1.82) is 0 Å². The van der Waals surface area contributed by atoms with Gasteiger partial charge in [0.05, 0.1) is 5.60 Å². The second kappa shape index (κ2) is 2.14. The van der Waals surface area contributed by atoms with E-state index in [0.717, 1.165) is 31.3 Å². The summed E-state index contributed by atoms with van der Waals surface area (Å²) in [4.78, 5) is 0. The minimum absolute atomic E-state index is 0.500. The van der Waals surface area contributed by atoms with Crippen LogP contribution in [0.2, 0.25) is 0 Å². The summed E-state index contributed by atoms with van der Waals surface area (Å²) in [5.41, 5.74) is 0.431. The van der Waals surface area contributed by atoms with Crippen LogP contribution in [0.1, 0.15) is 32.6 Å². The summed E-state index contributed by atoms with van der Waals surface area (Å²) >= 11 is 0. The van der Waals surface area contributed by atoms with Crippen molar-refractivity contribution in [2.75, 3.05) is 0 Å². The molecule has 0 amide bonds. The van der Waals surface area contributed by atoms with Gasteiger partial charge in [-0.15, -0.1) is 0 Å². The molecule has 1 fully saturated rings. The van der Waals surface area contributed by atoms with Crippen LogP contribution in [-0.4, -0.2) is 10.7 Å². The van der Waals surface area contributed by atoms with E-state index in [4.69, 9.17) is 0 Å². The highest BCUT2D eigenvalue weighted by Gasteiger charge is 2.31. The predicted octanol–water partition coefficient (Wildman–Crippen LogP) is 1.87. The Labute approximate surface area is 56.4 Å². The van der Waals surface area contributed by atoms with Gasteiger partial charge in [-0.25, -0.2) is 0 Å². The van der Waals surface area contributed by atoms with Crippen molar-refractivity contribution >= 4 is 0 Å². The number of rotatable bonds is 1. The van der Waals surface area contributed by atoms with Crippen molar-refractivity contribution in [1.82, 2.24) is 0 Å². The van der Waals surface area contributed by atoms with Gasteiger partial charge in [-0.1, -0.05) is 19.4 Å². The SMILES string of the molecule is C=C(C)C1(O)CCCC1. The van der Waals surface area contributed by atoms with Crippen LogP contribution < -0.4 is 0 Å². The summed E-state index contributed by atoms with van der Waals surface area (Å²) in [5, 5.41) is 9.67. The average molecular weight is 126 g/mol. The van der Waals surface area contributed by atoms with Crippen molar-refractivity contribution in [3.63, 3.8) is 0 Å². The molecule has 1 saturated carbocycles. The van der Waals surface area contributed by atoms with Crippen molar-refractivity contribution < 1.29 is 5.11 Å². The van der Waals surface area contributed by atoms with Gasteiger partial charge in [-0.05, 0) is 25.3 Å². The third-order valence-electron chi connectivity index (χ3n) is 2.23. The molecule has 1 nitrogen and oxygen atoms in total. The summed E-state index contributed by atoms with van der Waals surface area (Å²) < 4.78 is 0. The van der Waals surface area contributed by atoms with Gasteiger partial charge in [0.15, 0.2) is 0 Å². The quantitative estimate of drug-likeness (QED) is 0.532. The fourth-order valence-corrected chi connectivity index (χ4v) is 1.39. The van der Waals surface area contributed by atoms with Gasteiger partial charge < -0.3 is 5.11 Å². The van der Waals surface area contributed by atoms with Crippen LogP contribution in [0, 0.1) is 0 Å². The fourth-order valence-electron chi connectivity index (χ4n) is 1.39. The van der Waals surface area contributed by atoms with Crippen molar-refractivity contribution in [2.24, 2.45) is 0 Å². The Morgan fingerprint density at radius 1 is 1.44 bits per heavy atom. The van der Waals surface area contributed by atoms with Gasteiger partial charge in [-0.2, -0.15) is 0 Å². The first kappa shape index (κ1) is 6.81. The maximum absolute atomic E-state index is 9.67. The number of hydrogen-bond donors (Lipinski definition) is 1. The van der Waals surface area contributed by atoms with Crippen molar-refractivity contribution in [3.05, 3.63) is 12.2 Å². The lowest BCUT2D eigenvalue weighted by molar-refractivity contribution is 0.0868. The van der Waals surface area contributed by atoms with Crippen LogP contribution in [0.3, 0.4) is 0 Å². The molecule has 0 aromatic carbocycles. The highest BCUT2D eigenvalue weighted by molar-refractivity contribution is 5.11. The van der Waals surface area contributed by atoms with E-state index in [9.17, 15) is 5.11 Å². The molecule has 0 radical (unpaired) electrons. The summed E-state index contributed by atoms with van der Waals surface area (Å²) in [6.07, 6.45) is 4.15. The van der Waals surface area contributed by atoms with Gasteiger partial charge in [0.1, 0.15) is 0 Å². The van der Waals surface area contributed by atoms with E-state index in [2.05, 4.69) is 6.58 Å². The minimum Gasteiger partial charge on any atom is -0.386 e. The molecule has 0 saturated heterocycles. The second-order valence-electron chi connectivity index (χ2n) is 3.02. The number of aliphatic hydroxyl groups is 1. The summed E-state index contributed by atoms with van der Waals surface area (Å²) in [6, 6.07) is 0. The highest BCUT2D eigenvalue weighted by atomic mass is 16.3. The Kier molecular flexibility index (Phi) is 1.62. The monoisotopic (exact) mass is 126 g/mol. The van der Waals surface area contributed by atoms with Crippen LogP contribution in [0.5, 0.6) is 0 Å². The smallest absolute Gasteiger partial charge is 0.0851 e. The molecule has 0 spiro atoms. The molecule has 0 bridgehead atoms. The third-order valence-corrected chi connectivity index (χ3v) is 2.23. The first-order valence-electron chi connectivity index (χ1n) is 3.53. The van der Waals surface area contributed by atoms with Gasteiger partial charge in [0.2, 0.25) is 0 Å².